The summed E-state index contributed by atoms with van der Waals surface area (Å²) >= 11 is 0. The molecule has 15 heavy (non-hydrogen) atoms. The Bertz CT molecular complexity index is 385. The number of ketones is 1. The molecule has 0 unspecified atom stereocenters. The Balaban J connectivity index is 1.77. The van der Waals surface area contributed by atoms with E-state index in [2.05, 4.69) is 12.1 Å². The van der Waals surface area contributed by atoms with Gasteiger partial charge in [-0.05, 0) is 18.4 Å². The number of benzene rings is 1. The highest BCUT2D eigenvalue weighted by Gasteiger charge is 2.61. The number of epoxide rings is 1. The summed E-state index contributed by atoms with van der Waals surface area (Å²) in [5.74, 6) is 0.303. The van der Waals surface area contributed by atoms with E-state index in [-0.39, 0.29) is 11.7 Å². The van der Waals surface area contributed by atoms with E-state index >= 15 is 0 Å². The van der Waals surface area contributed by atoms with Gasteiger partial charge in [0.05, 0.1) is 0 Å². The van der Waals surface area contributed by atoms with Gasteiger partial charge in [0.25, 0.3) is 0 Å². The minimum absolute atomic E-state index is 0.0912. The van der Waals surface area contributed by atoms with E-state index in [4.69, 9.17) is 4.74 Å². The lowest BCUT2D eigenvalue weighted by Crippen LogP contribution is -2.28. The molecule has 0 aromatic heterocycles. The van der Waals surface area contributed by atoms with Crippen LogP contribution in [0.3, 0.4) is 0 Å². The number of ether oxygens (including phenoxy) is 1. The molecule has 0 spiro atoms. The fourth-order valence-corrected chi connectivity index (χ4v) is 2.61. The Morgan fingerprint density at radius 2 is 2.13 bits per heavy atom. The van der Waals surface area contributed by atoms with Crippen LogP contribution < -0.4 is 0 Å². The molecule has 0 amide bonds. The smallest absolute Gasteiger partial charge is 0.164 e. The first-order chi connectivity index (χ1) is 7.30. The molecular weight excluding hydrogens is 188 g/mol. The standard InChI is InChI=1S/C13H14O2/c14-11-7-4-8-13(12(11)15-13)9-10-5-2-1-3-6-10/h1-3,5-6,12H,4,7-9H2/t12-,13-/m1/s1. The first-order valence-electron chi connectivity index (χ1n) is 5.55. The molecule has 0 radical (unpaired) electrons. The van der Waals surface area contributed by atoms with Crippen molar-refractivity contribution in [3.05, 3.63) is 35.9 Å². The second-order valence-corrected chi connectivity index (χ2v) is 4.54. The lowest BCUT2D eigenvalue weighted by molar-refractivity contribution is -0.120. The fourth-order valence-electron chi connectivity index (χ4n) is 2.61. The minimum atomic E-state index is -0.128. The maximum atomic E-state index is 11.5. The molecule has 2 aliphatic rings. The third-order valence-electron chi connectivity index (χ3n) is 3.43. The highest BCUT2D eigenvalue weighted by Crippen LogP contribution is 2.48. The van der Waals surface area contributed by atoms with Crippen LogP contribution in [0.15, 0.2) is 30.3 Å². The zero-order chi connectivity index (χ0) is 10.3. The van der Waals surface area contributed by atoms with Gasteiger partial charge in [-0.1, -0.05) is 30.3 Å². The molecule has 1 aromatic rings. The molecule has 0 N–H and O–H groups in total. The summed E-state index contributed by atoms with van der Waals surface area (Å²) in [5, 5.41) is 0. The molecule has 2 nitrogen and oxygen atoms in total. The number of rotatable bonds is 2. The average Bonchev–Trinajstić information content (AvgIpc) is 2.95. The van der Waals surface area contributed by atoms with Gasteiger partial charge in [0.15, 0.2) is 5.78 Å². The Labute approximate surface area is 89.2 Å². The van der Waals surface area contributed by atoms with E-state index in [1.54, 1.807) is 0 Å². The molecule has 3 rings (SSSR count). The van der Waals surface area contributed by atoms with E-state index in [1.165, 1.54) is 5.56 Å². The van der Waals surface area contributed by atoms with Gasteiger partial charge in [-0.3, -0.25) is 4.79 Å². The van der Waals surface area contributed by atoms with E-state index in [0.29, 0.717) is 12.2 Å². The number of Topliss-reactive ketones (excluding diaryl/α,β-unsaturated/α-hetero) is 1. The van der Waals surface area contributed by atoms with Crippen LogP contribution in [0, 0.1) is 0 Å². The molecule has 1 aromatic carbocycles. The maximum Gasteiger partial charge on any atom is 0.164 e. The van der Waals surface area contributed by atoms with Crippen LogP contribution in [-0.4, -0.2) is 17.5 Å². The highest BCUT2D eigenvalue weighted by atomic mass is 16.6. The van der Waals surface area contributed by atoms with Crippen LogP contribution in [-0.2, 0) is 16.0 Å². The summed E-state index contributed by atoms with van der Waals surface area (Å²) in [4.78, 5) is 11.5. The third-order valence-corrected chi connectivity index (χ3v) is 3.43. The van der Waals surface area contributed by atoms with Crippen molar-refractivity contribution in [2.45, 2.75) is 37.4 Å². The topological polar surface area (TPSA) is 29.6 Å². The predicted molar refractivity (Wildman–Crippen MR) is 56.6 cm³/mol. The molecule has 0 bridgehead atoms. The predicted octanol–water partition coefficient (Wildman–Crippen LogP) is 2.12. The third kappa shape index (κ3) is 1.49. The first-order valence-corrected chi connectivity index (χ1v) is 5.55. The second-order valence-electron chi connectivity index (χ2n) is 4.54. The summed E-state index contributed by atoms with van der Waals surface area (Å²) in [6.45, 7) is 0. The van der Waals surface area contributed by atoms with Crippen molar-refractivity contribution in [2.75, 3.05) is 0 Å². The zero-order valence-electron chi connectivity index (χ0n) is 8.61. The molecule has 1 saturated carbocycles. The highest BCUT2D eigenvalue weighted by molar-refractivity contribution is 5.88. The molecule has 1 aliphatic carbocycles. The molecule has 1 heterocycles. The molecular formula is C13H14O2. The summed E-state index contributed by atoms with van der Waals surface area (Å²) in [7, 11) is 0. The number of fused-ring (bicyclic) bond motifs is 1. The summed E-state index contributed by atoms with van der Waals surface area (Å²) < 4.78 is 5.63. The fraction of sp³-hybridized carbons (Fsp3) is 0.462. The van der Waals surface area contributed by atoms with Crippen LogP contribution in [0.5, 0.6) is 0 Å². The number of carbonyl (C=O) groups is 1. The Hall–Kier alpha value is -1.15. The number of hydrogen-bond acceptors (Lipinski definition) is 2. The van der Waals surface area contributed by atoms with Gasteiger partial charge in [0, 0.05) is 12.8 Å². The maximum absolute atomic E-state index is 11.5. The van der Waals surface area contributed by atoms with Gasteiger partial charge in [-0.2, -0.15) is 0 Å². The zero-order valence-corrected chi connectivity index (χ0v) is 8.61. The number of hydrogen-bond donors (Lipinski definition) is 0. The molecule has 1 saturated heterocycles. The average molecular weight is 202 g/mol. The van der Waals surface area contributed by atoms with Gasteiger partial charge < -0.3 is 4.74 Å². The van der Waals surface area contributed by atoms with Gasteiger partial charge in [0.2, 0.25) is 0 Å². The van der Waals surface area contributed by atoms with E-state index in [9.17, 15) is 4.79 Å². The molecule has 2 atom stereocenters. The van der Waals surface area contributed by atoms with Crippen LogP contribution >= 0.6 is 0 Å². The van der Waals surface area contributed by atoms with Crippen LogP contribution in [0.4, 0.5) is 0 Å². The summed E-state index contributed by atoms with van der Waals surface area (Å²) in [5.41, 5.74) is 1.14. The first kappa shape index (κ1) is 9.10. The van der Waals surface area contributed by atoms with Gasteiger partial charge in [0.1, 0.15) is 11.7 Å². The molecule has 1 aliphatic heterocycles. The number of carbonyl (C=O) groups excluding carboxylic acids is 1. The lowest BCUT2D eigenvalue weighted by Gasteiger charge is -2.16. The Morgan fingerprint density at radius 1 is 1.33 bits per heavy atom. The van der Waals surface area contributed by atoms with E-state index in [0.717, 1.165) is 19.3 Å². The molecule has 2 fully saturated rings. The largest absolute Gasteiger partial charge is 0.357 e. The van der Waals surface area contributed by atoms with E-state index in [1.807, 2.05) is 18.2 Å². The summed E-state index contributed by atoms with van der Waals surface area (Å²) in [6, 6.07) is 10.3. The van der Waals surface area contributed by atoms with Crippen LogP contribution in [0.25, 0.3) is 0 Å². The molecule has 2 heteroatoms. The lowest BCUT2D eigenvalue weighted by atomic mass is 9.84. The van der Waals surface area contributed by atoms with Crippen molar-refractivity contribution in [2.24, 2.45) is 0 Å². The molecule has 78 valence electrons. The van der Waals surface area contributed by atoms with Crippen molar-refractivity contribution >= 4 is 5.78 Å². The normalized spacial score (nSPS) is 33.6. The van der Waals surface area contributed by atoms with Crippen molar-refractivity contribution < 1.29 is 9.53 Å². The van der Waals surface area contributed by atoms with Gasteiger partial charge in [-0.15, -0.1) is 0 Å². The van der Waals surface area contributed by atoms with Gasteiger partial charge in [-0.25, -0.2) is 0 Å². The van der Waals surface area contributed by atoms with Crippen molar-refractivity contribution in [3.63, 3.8) is 0 Å². The van der Waals surface area contributed by atoms with Crippen LogP contribution in [0.1, 0.15) is 24.8 Å². The van der Waals surface area contributed by atoms with Gasteiger partial charge >= 0.3 is 0 Å². The van der Waals surface area contributed by atoms with Crippen molar-refractivity contribution in [1.29, 1.82) is 0 Å². The minimum Gasteiger partial charge on any atom is -0.357 e. The Kier molecular flexibility index (Phi) is 1.93. The Morgan fingerprint density at radius 3 is 2.93 bits per heavy atom. The van der Waals surface area contributed by atoms with Crippen molar-refractivity contribution in [1.82, 2.24) is 0 Å². The van der Waals surface area contributed by atoms with Crippen LogP contribution in [0.2, 0.25) is 0 Å². The summed E-state index contributed by atoms with van der Waals surface area (Å²) in [6.07, 6.45) is 3.54. The van der Waals surface area contributed by atoms with Crippen molar-refractivity contribution in [3.8, 4) is 0 Å². The van der Waals surface area contributed by atoms with E-state index < -0.39 is 0 Å². The SMILES string of the molecule is O=C1CCC[C@]2(Cc3ccccc3)O[C@H]12. The monoisotopic (exact) mass is 202 g/mol. The second kappa shape index (κ2) is 3.17. The quantitative estimate of drug-likeness (QED) is 0.687.